The van der Waals surface area contributed by atoms with Gasteiger partial charge >= 0.3 is 5.97 Å². The Morgan fingerprint density at radius 1 is 1.43 bits per heavy atom. The van der Waals surface area contributed by atoms with Gasteiger partial charge in [0.15, 0.2) is 5.69 Å². The molecule has 0 unspecified atom stereocenters. The minimum Gasteiger partial charge on any atom is -0.461 e. The standard InChI is InChI=1S/C15H21N3O3/c1-5-21-15(20)12-11-8-6-7-10(9-17(2)3)14(19)13(11)18(4)16-12/h9H,5-8H2,1-4H3. The number of carbonyl (C=O) groups excluding carboxylic acids is 2. The number of ketones is 1. The quantitative estimate of drug-likeness (QED) is 0.480. The molecule has 0 aliphatic heterocycles. The summed E-state index contributed by atoms with van der Waals surface area (Å²) in [5, 5.41) is 4.20. The van der Waals surface area contributed by atoms with E-state index >= 15 is 0 Å². The molecule has 0 fully saturated rings. The second kappa shape index (κ2) is 6.11. The van der Waals surface area contributed by atoms with Gasteiger partial charge < -0.3 is 9.64 Å². The molecule has 0 amide bonds. The number of aryl methyl sites for hydroxylation is 1. The van der Waals surface area contributed by atoms with E-state index in [0.717, 1.165) is 12.0 Å². The largest absolute Gasteiger partial charge is 0.461 e. The number of rotatable bonds is 3. The van der Waals surface area contributed by atoms with Crippen LogP contribution < -0.4 is 0 Å². The second-order valence-corrected chi connectivity index (χ2v) is 5.32. The number of nitrogens with zero attached hydrogens (tertiary/aromatic N) is 3. The van der Waals surface area contributed by atoms with E-state index in [9.17, 15) is 9.59 Å². The summed E-state index contributed by atoms with van der Waals surface area (Å²) in [6, 6.07) is 0. The molecule has 1 heterocycles. The highest BCUT2D eigenvalue weighted by Crippen LogP contribution is 2.27. The Morgan fingerprint density at radius 2 is 2.14 bits per heavy atom. The molecule has 0 atom stereocenters. The fourth-order valence-electron chi connectivity index (χ4n) is 2.61. The van der Waals surface area contributed by atoms with Gasteiger partial charge in [-0.05, 0) is 26.2 Å². The topological polar surface area (TPSA) is 64.4 Å². The van der Waals surface area contributed by atoms with Crippen molar-refractivity contribution in [2.45, 2.75) is 26.2 Å². The third-order valence-electron chi connectivity index (χ3n) is 3.41. The molecule has 0 aromatic carbocycles. The molecule has 0 saturated heterocycles. The minimum atomic E-state index is -0.456. The summed E-state index contributed by atoms with van der Waals surface area (Å²) in [4.78, 5) is 26.5. The lowest BCUT2D eigenvalue weighted by Crippen LogP contribution is -2.13. The van der Waals surface area contributed by atoms with Gasteiger partial charge in [0.05, 0.1) is 6.61 Å². The molecule has 0 radical (unpaired) electrons. The van der Waals surface area contributed by atoms with Crippen LogP contribution in [0.25, 0.3) is 0 Å². The summed E-state index contributed by atoms with van der Waals surface area (Å²) in [6.45, 7) is 2.05. The number of allylic oxidation sites excluding steroid dienone is 1. The Balaban J connectivity index is 2.48. The molecule has 6 nitrogen and oxygen atoms in total. The fraction of sp³-hybridized carbons (Fsp3) is 0.533. The lowest BCUT2D eigenvalue weighted by atomic mass is 10.1. The summed E-state index contributed by atoms with van der Waals surface area (Å²) >= 11 is 0. The molecule has 1 aromatic rings. The van der Waals surface area contributed by atoms with Gasteiger partial charge in [-0.25, -0.2) is 4.79 Å². The van der Waals surface area contributed by atoms with E-state index in [2.05, 4.69) is 5.10 Å². The van der Waals surface area contributed by atoms with Crippen LogP contribution in [0.15, 0.2) is 11.8 Å². The number of fused-ring (bicyclic) bond motifs is 1. The van der Waals surface area contributed by atoms with Crippen molar-refractivity contribution in [3.05, 3.63) is 28.7 Å². The van der Waals surface area contributed by atoms with Gasteiger partial charge in [0, 0.05) is 38.5 Å². The van der Waals surface area contributed by atoms with Crippen molar-refractivity contribution in [1.82, 2.24) is 14.7 Å². The van der Waals surface area contributed by atoms with E-state index in [0.29, 0.717) is 30.7 Å². The number of ether oxygens (including phenoxy) is 1. The molecule has 0 N–H and O–H groups in total. The van der Waals surface area contributed by atoms with Gasteiger partial charge in [0.1, 0.15) is 5.69 Å². The van der Waals surface area contributed by atoms with Crippen LogP contribution in [0, 0.1) is 0 Å². The number of aromatic nitrogens is 2. The smallest absolute Gasteiger partial charge is 0.359 e. The molecule has 1 aromatic heterocycles. The van der Waals surface area contributed by atoms with Gasteiger partial charge in [-0.15, -0.1) is 0 Å². The molecule has 114 valence electrons. The first-order chi connectivity index (χ1) is 9.95. The first-order valence-corrected chi connectivity index (χ1v) is 7.10. The lowest BCUT2D eigenvalue weighted by Gasteiger charge is -2.09. The van der Waals surface area contributed by atoms with Crippen molar-refractivity contribution >= 4 is 11.8 Å². The number of carbonyl (C=O) groups is 2. The van der Waals surface area contributed by atoms with Gasteiger partial charge in [0.2, 0.25) is 5.78 Å². The van der Waals surface area contributed by atoms with Gasteiger partial charge in [-0.1, -0.05) is 0 Å². The maximum absolute atomic E-state index is 12.7. The molecule has 6 heteroatoms. The van der Waals surface area contributed by atoms with Crippen molar-refractivity contribution in [3.63, 3.8) is 0 Å². The molecule has 2 rings (SSSR count). The van der Waals surface area contributed by atoms with Crippen molar-refractivity contribution in [3.8, 4) is 0 Å². The Labute approximate surface area is 124 Å². The number of hydrogen-bond acceptors (Lipinski definition) is 5. The number of esters is 1. The Hall–Kier alpha value is -2.11. The minimum absolute atomic E-state index is 0.0539. The molecular formula is C15H21N3O3. The third-order valence-corrected chi connectivity index (χ3v) is 3.41. The van der Waals surface area contributed by atoms with Crippen LogP contribution in [0.4, 0.5) is 0 Å². The zero-order valence-electron chi connectivity index (χ0n) is 13.0. The number of Topliss-reactive ketones (excluding diaryl/α,β-unsaturated/α-hetero) is 1. The Kier molecular flexibility index (Phi) is 4.45. The molecule has 0 spiro atoms. The maximum atomic E-state index is 12.7. The van der Waals surface area contributed by atoms with Crippen LogP contribution in [0.3, 0.4) is 0 Å². The summed E-state index contributed by atoms with van der Waals surface area (Å²) in [5.74, 6) is -0.510. The summed E-state index contributed by atoms with van der Waals surface area (Å²) < 4.78 is 6.52. The van der Waals surface area contributed by atoms with Crippen LogP contribution in [0.2, 0.25) is 0 Å². The normalized spacial score (nSPS) is 16.6. The predicted octanol–water partition coefficient (Wildman–Crippen LogP) is 1.56. The van der Waals surface area contributed by atoms with Crippen molar-refractivity contribution in [1.29, 1.82) is 0 Å². The highest BCUT2D eigenvalue weighted by molar-refractivity contribution is 6.10. The van der Waals surface area contributed by atoms with Gasteiger partial charge in [0.25, 0.3) is 0 Å². The summed E-state index contributed by atoms with van der Waals surface area (Å²) in [6.07, 6.45) is 4.02. The predicted molar refractivity (Wildman–Crippen MR) is 78.2 cm³/mol. The zero-order chi connectivity index (χ0) is 15.6. The molecule has 1 aliphatic rings. The first-order valence-electron chi connectivity index (χ1n) is 7.10. The van der Waals surface area contributed by atoms with Crippen LogP contribution in [-0.4, -0.2) is 47.1 Å². The second-order valence-electron chi connectivity index (χ2n) is 5.32. The van der Waals surface area contributed by atoms with Crippen molar-refractivity contribution in [2.75, 3.05) is 20.7 Å². The average molecular weight is 291 g/mol. The molecule has 0 saturated carbocycles. The molecule has 1 aliphatic carbocycles. The summed E-state index contributed by atoms with van der Waals surface area (Å²) in [7, 11) is 5.47. The van der Waals surface area contributed by atoms with E-state index in [1.807, 2.05) is 25.2 Å². The van der Waals surface area contributed by atoms with E-state index in [1.54, 1.807) is 14.0 Å². The van der Waals surface area contributed by atoms with Gasteiger partial charge in [-0.2, -0.15) is 5.10 Å². The SMILES string of the molecule is CCOC(=O)c1nn(C)c2c1CCCC(=CN(C)C)C2=O. The highest BCUT2D eigenvalue weighted by Gasteiger charge is 2.30. The third kappa shape index (κ3) is 2.99. The van der Waals surface area contributed by atoms with E-state index in [4.69, 9.17) is 4.74 Å². The van der Waals surface area contributed by atoms with E-state index < -0.39 is 5.97 Å². The molecule has 0 bridgehead atoms. The van der Waals surface area contributed by atoms with Crippen LogP contribution in [0.5, 0.6) is 0 Å². The number of hydrogen-bond donors (Lipinski definition) is 0. The van der Waals surface area contributed by atoms with E-state index in [1.165, 1.54) is 4.68 Å². The van der Waals surface area contributed by atoms with Crippen molar-refractivity contribution < 1.29 is 14.3 Å². The van der Waals surface area contributed by atoms with Crippen LogP contribution >= 0.6 is 0 Å². The lowest BCUT2D eigenvalue weighted by molar-refractivity contribution is 0.0517. The fourth-order valence-corrected chi connectivity index (χ4v) is 2.61. The first kappa shape index (κ1) is 15.3. The molecule has 21 heavy (non-hydrogen) atoms. The average Bonchev–Trinajstić information content (AvgIpc) is 2.64. The van der Waals surface area contributed by atoms with Gasteiger partial charge in [-0.3, -0.25) is 9.48 Å². The van der Waals surface area contributed by atoms with Crippen LogP contribution in [-0.2, 0) is 18.2 Å². The molecular weight excluding hydrogens is 270 g/mol. The van der Waals surface area contributed by atoms with Crippen molar-refractivity contribution in [2.24, 2.45) is 7.05 Å². The Bertz CT molecular complexity index is 600. The monoisotopic (exact) mass is 291 g/mol. The van der Waals surface area contributed by atoms with E-state index in [-0.39, 0.29) is 11.5 Å². The zero-order valence-corrected chi connectivity index (χ0v) is 13.0. The van der Waals surface area contributed by atoms with Crippen LogP contribution in [0.1, 0.15) is 46.3 Å². The Morgan fingerprint density at radius 3 is 2.76 bits per heavy atom. The highest BCUT2D eigenvalue weighted by atomic mass is 16.5. The maximum Gasteiger partial charge on any atom is 0.359 e. The summed E-state index contributed by atoms with van der Waals surface area (Å²) in [5.41, 5.74) is 2.23.